The quantitative estimate of drug-likeness (QED) is 0.243. The Morgan fingerprint density at radius 1 is 0.140 bits per heavy atom. The van der Waals surface area contributed by atoms with Crippen molar-refractivity contribution < 1.29 is 205 Å². The molecule has 0 aromatic carbocycles. The summed E-state index contributed by atoms with van der Waals surface area (Å²) in [4.78, 5) is 0. The summed E-state index contributed by atoms with van der Waals surface area (Å²) in [6.07, 6.45) is -83.8. The first-order valence-electron chi connectivity index (χ1n) is 10.6. The van der Waals surface area contributed by atoms with Crippen molar-refractivity contribution in [1.29, 1.82) is 0 Å². The van der Waals surface area contributed by atoms with Crippen molar-refractivity contribution in [1.82, 2.24) is 0 Å². The third kappa shape index (κ3) is 13.1. The molecule has 0 saturated carbocycles. The van der Waals surface area contributed by atoms with Gasteiger partial charge in [0.2, 0.25) is 0 Å². The molecule has 0 fully saturated rings. The van der Waals surface area contributed by atoms with Gasteiger partial charge in [-0.2, -0.15) is 158 Å². The van der Waals surface area contributed by atoms with E-state index < -0.39 is 96.5 Å². The minimum absolute atomic E-state index is 0. The third-order valence-corrected chi connectivity index (χ3v) is 4.79. The van der Waals surface area contributed by atoms with E-state index in [4.69, 9.17) is 0 Å². The molecule has 0 aliphatic carbocycles. The molecule has 0 spiro atoms. The normalized spacial score (nSPS) is 15.6. The molecule has 0 aromatic rings. The second-order valence-electron chi connectivity index (χ2n) is 8.70. The van der Waals surface area contributed by atoms with Gasteiger partial charge in [-0.25, -0.2) is 0 Å². The predicted octanol–water partition coefficient (Wildman–Crippen LogP) is 7.09. The van der Waals surface area contributed by atoms with Crippen LogP contribution in [0.1, 0.15) is 0 Å². The maximum atomic E-state index is 11.3. The average Bonchev–Trinajstić information content (AvgIpc) is 2.79. The van der Waals surface area contributed by atoms with E-state index in [0.29, 0.717) is 0 Å². The molecule has 0 amide bonds. The van der Waals surface area contributed by atoms with E-state index in [0.717, 1.165) is 0 Å². The zero-order valence-electron chi connectivity index (χ0n) is 23.7. The molecule has 0 radical (unpaired) electrons. The molecule has 57 heavy (non-hydrogen) atoms. The van der Waals surface area contributed by atoms with Crippen LogP contribution in [0, 0.1) is 0 Å². The number of hydrogen-bond acceptors (Lipinski definition) is 4. The number of halogens is 36. The van der Waals surface area contributed by atoms with Crippen LogP contribution < -0.4 is 20.4 Å². The fourth-order valence-corrected chi connectivity index (χ4v) is 1.93. The van der Waals surface area contributed by atoms with E-state index in [-0.39, 0.29) is 26.2 Å². The van der Waals surface area contributed by atoms with Crippen molar-refractivity contribution in [3.63, 3.8) is 0 Å². The molecular formula is C16F36O4Zr. The van der Waals surface area contributed by atoms with Crippen molar-refractivity contribution in [2.75, 3.05) is 0 Å². The molecule has 0 aromatic heterocycles. The van der Waals surface area contributed by atoms with Crippen LogP contribution in [0.2, 0.25) is 0 Å². The van der Waals surface area contributed by atoms with Crippen LogP contribution in [0.25, 0.3) is 0 Å². The maximum absolute atomic E-state index is 11.3. The Morgan fingerprint density at radius 3 is 0.175 bits per heavy atom. The van der Waals surface area contributed by atoms with Gasteiger partial charge in [0.25, 0.3) is 0 Å². The summed E-state index contributed by atoms with van der Waals surface area (Å²) in [5.74, 6) is 0. The fourth-order valence-electron chi connectivity index (χ4n) is 1.93. The van der Waals surface area contributed by atoms with Gasteiger partial charge >= 0.3 is 100 Å². The molecule has 0 rings (SSSR count). The van der Waals surface area contributed by atoms with Crippen molar-refractivity contribution in [2.24, 2.45) is 0 Å². The van der Waals surface area contributed by atoms with Crippen molar-refractivity contribution >= 4 is 0 Å². The molecule has 0 saturated heterocycles. The molecule has 344 valence electrons. The molecule has 0 heterocycles. The zero-order chi connectivity index (χ0) is 48.0. The molecule has 0 bridgehead atoms. The van der Waals surface area contributed by atoms with E-state index in [1.807, 2.05) is 0 Å². The molecule has 0 atom stereocenters. The van der Waals surface area contributed by atoms with E-state index >= 15 is 0 Å². The van der Waals surface area contributed by atoms with E-state index in [1.54, 1.807) is 0 Å². The monoisotopic (exact) mass is 1030 g/mol. The van der Waals surface area contributed by atoms with E-state index in [2.05, 4.69) is 0 Å². The van der Waals surface area contributed by atoms with Crippen LogP contribution in [-0.2, 0) is 26.2 Å². The average molecular weight is 1030 g/mol. The number of alkyl halides is 36. The second kappa shape index (κ2) is 17.3. The summed E-state index contributed by atoms with van der Waals surface area (Å²) in [5, 5.41) is 39.2. The Bertz CT molecular complexity index is 880. The van der Waals surface area contributed by atoms with Crippen LogP contribution in [0.5, 0.6) is 0 Å². The molecule has 0 aliphatic heterocycles. The maximum Gasteiger partial charge on any atom is 4.00 e. The van der Waals surface area contributed by atoms with Gasteiger partial charge < -0.3 is 20.4 Å². The van der Waals surface area contributed by atoms with Gasteiger partial charge in [0.1, 0.15) is 0 Å². The minimum atomic E-state index is -6.98. The van der Waals surface area contributed by atoms with Crippen molar-refractivity contribution in [3.8, 4) is 0 Å². The molecule has 4 nitrogen and oxygen atoms in total. The number of hydrogen-bond donors (Lipinski definition) is 0. The van der Waals surface area contributed by atoms with Crippen LogP contribution in [0.3, 0.4) is 0 Å². The largest absolute Gasteiger partial charge is 4.00 e. The summed E-state index contributed by atoms with van der Waals surface area (Å²) in [7, 11) is 0. The molecule has 0 unspecified atom stereocenters. The summed E-state index contributed by atoms with van der Waals surface area (Å²) in [6.45, 7) is 0. The Balaban J connectivity index is -0.000000210. The molecule has 0 N–H and O–H groups in total. The Kier molecular flexibility index (Phi) is 19.5. The van der Waals surface area contributed by atoms with Crippen LogP contribution in [0.4, 0.5) is 158 Å². The van der Waals surface area contributed by atoms with Gasteiger partial charge in [0, 0.05) is 0 Å². The van der Waals surface area contributed by atoms with Crippen LogP contribution in [-0.4, -0.2) is 96.5 Å². The Hall–Kier alpha value is -1.80. The van der Waals surface area contributed by atoms with Crippen LogP contribution in [0.15, 0.2) is 0 Å². The summed E-state index contributed by atoms with van der Waals surface area (Å²) in [6, 6.07) is 0. The SMILES string of the molecule is [O-]C(C(F)(F)F)(C(F)(F)F)C(F)(F)F.[O-]C(C(F)(F)F)(C(F)(F)F)C(F)(F)F.[O-]C(C(F)(F)F)(C(F)(F)F)C(F)(F)F.[O-]C(C(F)(F)F)(C(F)(F)F)C(F)(F)F.[Zr+4]. The van der Waals surface area contributed by atoms with Crippen molar-refractivity contribution in [3.05, 3.63) is 0 Å². The third-order valence-electron chi connectivity index (χ3n) is 4.79. The second-order valence-corrected chi connectivity index (χ2v) is 8.70. The molecule has 0 aliphatic rings. The van der Waals surface area contributed by atoms with Gasteiger partial charge in [0.05, 0.1) is 0 Å². The van der Waals surface area contributed by atoms with Gasteiger partial charge in [-0.3, -0.25) is 0 Å². The van der Waals surface area contributed by atoms with Gasteiger partial charge in [0.15, 0.2) is 22.4 Å². The zero-order valence-corrected chi connectivity index (χ0v) is 26.2. The summed E-state index contributed by atoms with van der Waals surface area (Å²) < 4.78 is 408. The van der Waals surface area contributed by atoms with Gasteiger partial charge in [-0.15, -0.1) is 0 Å². The first-order chi connectivity index (χ1) is 23.0. The first kappa shape index (κ1) is 64.4. The molecule has 41 heteroatoms. The van der Waals surface area contributed by atoms with Gasteiger partial charge in [-0.1, -0.05) is 0 Å². The minimum Gasteiger partial charge on any atom is -0.830 e. The standard InChI is InChI=1S/4C4F9O.Zr/c4*5-2(6,7)1(14,3(8,9)10)4(11,12)13;/q4*-1;+4. The van der Waals surface area contributed by atoms with E-state index in [1.165, 1.54) is 0 Å². The Morgan fingerprint density at radius 2 is 0.175 bits per heavy atom. The topological polar surface area (TPSA) is 92.2 Å². The summed E-state index contributed by atoms with van der Waals surface area (Å²) >= 11 is 0. The first-order valence-corrected chi connectivity index (χ1v) is 10.6. The predicted molar refractivity (Wildman–Crippen MR) is 83.6 cm³/mol. The Labute approximate surface area is 302 Å². The number of rotatable bonds is 0. The van der Waals surface area contributed by atoms with Gasteiger partial charge in [-0.05, 0) is 0 Å². The molecular weight excluding hydrogens is 1030 g/mol. The van der Waals surface area contributed by atoms with Crippen molar-refractivity contribution in [2.45, 2.75) is 96.5 Å². The van der Waals surface area contributed by atoms with E-state index in [9.17, 15) is 178 Å². The summed E-state index contributed by atoms with van der Waals surface area (Å²) in [5.41, 5.74) is -27.8. The fraction of sp³-hybridized carbons (Fsp3) is 1.00. The van der Waals surface area contributed by atoms with Crippen LogP contribution >= 0.6 is 0 Å². The smallest absolute Gasteiger partial charge is 0.830 e.